The van der Waals surface area contributed by atoms with E-state index in [9.17, 15) is 0 Å². The van der Waals surface area contributed by atoms with Gasteiger partial charge in [-0.25, -0.2) is 0 Å². The number of ether oxygens (including phenoxy) is 2. The lowest BCUT2D eigenvalue weighted by molar-refractivity contribution is 0.0112. The zero-order chi connectivity index (χ0) is 18.8. The average Bonchev–Trinajstić information content (AvgIpc) is 2.72. The number of piperidine rings is 3. The highest BCUT2D eigenvalue weighted by molar-refractivity contribution is 6.30. The van der Waals surface area contributed by atoms with Gasteiger partial charge in [-0.3, -0.25) is 4.90 Å². The molecule has 27 heavy (non-hydrogen) atoms. The van der Waals surface area contributed by atoms with Crippen LogP contribution in [0, 0.1) is 5.92 Å². The SMILES string of the molecule is COc1ccc(CN[C@H]2C3CCN(CC3)[C@H]2c2cccc(Cl)c2)c(OC)c1. The maximum atomic E-state index is 6.29. The van der Waals surface area contributed by atoms with Crippen molar-refractivity contribution in [1.29, 1.82) is 0 Å². The fourth-order valence-corrected chi connectivity index (χ4v) is 4.85. The van der Waals surface area contributed by atoms with Crippen molar-refractivity contribution in [1.82, 2.24) is 10.2 Å². The molecule has 2 bridgehead atoms. The van der Waals surface area contributed by atoms with Crippen LogP contribution in [-0.2, 0) is 6.54 Å². The van der Waals surface area contributed by atoms with E-state index in [-0.39, 0.29) is 0 Å². The molecule has 3 aliphatic rings. The first kappa shape index (κ1) is 18.6. The number of halogens is 1. The van der Waals surface area contributed by atoms with E-state index in [4.69, 9.17) is 21.1 Å². The van der Waals surface area contributed by atoms with Gasteiger partial charge in [-0.1, -0.05) is 29.8 Å². The number of nitrogens with one attached hydrogen (secondary N) is 1. The van der Waals surface area contributed by atoms with Gasteiger partial charge in [-0.2, -0.15) is 0 Å². The minimum absolute atomic E-state index is 0.375. The van der Waals surface area contributed by atoms with Gasteiger partial charge in [0.1, 0.15) is 11.5 Å². The Morgan fingerprint density at radius 1 is 1.07 bits per heavy atom. The number of methoxy groups -OCH3 is 2. The van der Waals surface area contributed by atoms with Crippen LogP contribution in [0.4, 0.5) is 0 Å². The summed E-state index contributed by atoms with van der Waals surface area (Å²) in [5.74, 6) is 2.38. The zero-order valence-corrected chi connectivity index (χ0v) is 16.7. The topological polar surface area (TPSA) is 33.7 Å². The predicted molar refractivity (Wildman–Crippen MR) is 109 cm³/mol. The molecule has 144 valence electrons. The van der Waals surface area contributed by atoms with Crippen LogP contribution < -0.4 is 14.8 Å². The molecule has 0 saturated carbocycles. The summed E-state index contributed by atoms with van der Waals surface area (Å²) in [5.41, 5.74) is 2.46. The van der Waals surface area contributed by atoms with Gasteiger partial charge in [-0.15, -0.1) is 0 Å². The zero-order valence-electron chi connectivity index (χ0n) is 16.0. The van der Waals surface area contributed by atoms with Gasteiger partial charge in [0.05, 0.1) is 20.3 Å². The van der Waals surface area contributed by atoms with Crippen molar-refractivity contribution in [3.05, 3.63) is 58.6 Å². The molecule has 3 heterocycles. The van der Waals surface area contributed by atoms with E-state index in [1.165, 1.54) is 31.5 Å². The molecule has 3 saturated heterocycles. The fraction of sp³-hybridized carbons (Fsp3) is 0.455. The van der Waals surface area contributed by atoms with Crippen molar-refractivity contribution < 1.29 is 9.47 Å². The maximum absolute atomic E-state index is 6.29. The number of fused-ring (bicyclic) bond motifs is 3. The molecule has 3 fully saturated rings. The molecule has 2 aromatic rings. The molecule has 5 rings (SSSR count). The highest BCUT2D eigenvalue weighted by Crippen LogP contribution is 2.41. The second-order valence-electron chi connectivity index (χ2n) is 7.46. The lowest BCUT2D eigenvalue weighted by Gasteiger charge is -2.51. The van der Waals surface area contributed by atoms with Crippen molar-refractivity contribution in [2.24, 2.45) is 5.92 Å². The Balaban J connectivity index is 1.56. The fourth-order valence-electron chi connectivity index (χ4n) is 4.65. The standard InChI is InChI=1S/C22H27ClN2O2/c1-26-19-7-6-17(20(13-19)27-2)14-24-21-15-8-10-25(11-9-15)22(21)16-4-3-5-18(23)12-16/h3-7,12-13,15,21-22,24H,8-11,14H2,1-2H3/t21-,22-/m0/s1. The minimum atomic E-state index is 0.375. The first-order chi connectivity index (χ1) is 13.2. The van der Waals surface area contributed by atoms with Gasteiger partial charge in [-0.05, 0) is 55.6 Å². The molecule has 0 radical (unpaired) electrons. The van der Waals surface area contributed by atoms with Gasteiger partial charge >= 0.3 is 0 Å². The monoisotopic (exact) mass is 386 g/mol. The van der Waals surface area contributed by atoms with Crippen LogP contribution in [0.5, 0.6) is 11.5 Å². The van der Waals surface area contributed by atoms with E-state index < -0.39 is 0 Å². The molecular weight excluding hydrogens is 360 g/mol. The number of benzene rings is 2. The molecule has 0 spiro atoms. The van der Waals surface area contributed by atoms with Crippen molar-refractivity contribution >= 4 is 11.6 Å². The van der Waals surface area contributed by atoms with Gasteiger partial charge in [0, 0.05) is 29.2 Å². The first-order valence-corrected chi connectivity index (χ1v) is 10.0. The van der Waals surface area contributed by atoms with Crippen molar-refractivity contribution in [2.45, 2.75) is 31.5 Å². The Kier molecular flexibility index (Phi) is 5.58. The van der Waals surface area contributed by atoms with E-state index in [1.807, 2.05) is 18.2 Å². The summed E-state index contributed by atoms with van der Waals surface area (Å²) in [5, 5.41) is 4.65. The van der Waals surface area contributed by atoms with Crippen LogP contribution in [0.2, 0.25) is 5.02 Å². The van der Waals surface area contributed by atoms with Crippen molar-refractivity contribution in [3.63, 3.8) is 0 Å². The number of hydrogen-bond donors (Lipinski definition) is 1. The third-order valence-electron chi connectivity index (χ3n) is 6.03. The summed E-state index contributed by atoms with van der Waals surface area (Å²) in [6, 6.07) is 15.2. The van der Waals surface area contributed by atoms with Crippen LogP contribution in [0.3, 0.4) is 0 Å². The smallest absolute Gasteiger partial charge is 0.127 e. The summed E-state index contributed by atoms with van der Waals surface area (Å²) in [7, 11) is 3.39. The highest BCUT2D eigenvalue weighted by atomic mass is 35.5. The summed E-state index contributed by atoms with van der Waals surface area (Å²) in [6.07, 6.45) is 2.52. The van der Waals surface area contributed by atoms with Crippen molar-refractivity contribution in [3.8, 4) is 11.5 Å². The Labute approximate surface area is 166 Å². The van der Waals surface area contributed by atoms with E-state index in [0.29, 0.717) is 18.0 Å². The highest BCUT2D eigenvalue weighted by Gasteiger charge is 2.42. The third kappa shape index (κ3) is 3.79. The molecule has 3 aliphatic heterocycles. The Morgan fingerprint density at radius 2 is 1.89 bits per heavy atom. The Morgan fingerprint density at radius 3 is 2.59 bits per heavy atom. The molecule has 0 aromatic heterocycles. The van der Waals surface area contributed by atoms with Gasteiger partial charge in [0.2, 0.25) is 0 Å². The first-order valence-electron chi connectivity index (χ1n) is 9.63. The number of rotatable bonds is 6. The molecule has 0 aliphatic carbocycles. The summed E-state index contributed by atoms with van der Waals surface area (Å²) < 4.78 is 10.9. The third-order valence-corrected chi connectivity index (χ3v) is 6.26. The normalized spacial score (nSPS) is 26.8. The number of nitrogens with zero attached hydrogens (tertiary/aromatic N) is 1. The van der Waals surface area contributed by atoms with Crippen LogP contribution in [0.1, 0.15) is 30.0 Å². The second kappa shape index (κ2) is 8.09. The van der Waals surface area contributed by atoms with Crippen molar-refractivity contribution in [2.75, 3.05) is 27.3 Å². The molecular formula is C22H27ClN2O2. The summed E-state index contributed by atoms with van der Waals surface area (Å²) in [4.78, 5) is 2.61. The van der Waals surface area contributed by atoms with Crippen LogP contribution >= 0.6 is 11.6 Å². The van der Waals surface area contributed by atoms with E-state index in [1.54, 1.807) is 14.2 Å². The molecule has 4 nitrogen and oxygen atoms in total. The molecule has 2 aromatic carbocycles. The van der Waals surface area contributed by atoms with E-state index in [2.05, 4.69) is 34.5 Å². The van der Waals surface area contributed by atoms with Gasteiger partial charge < -0.3 is 14.8 Å². The Bertz CT molecular complexity index is 790. The molecule has 2 atom stereocenters. The van der Waals surface area contributed by atoms with Crippen LogP contribution in [-0.4, -0.2) is 38.3 Å². The average molecular weight is 387 g/mol. The maximum Gasteiger partial charge on any atom is 0.127 e. The largest absolute Gasteiger partial charge is 0.497 e. The van der Waals surface area contributed by atoms with Gasteiger partial charge in [0.25, 0.3) is 0 Å². The van der Waals surface area contributed by atoms with Gasteiger partial charge in [0.15, 0.2) is 0 Å². The molecule has 1 N–H and O–H groups in total. The summed E-state index contributed by atoms with van der Waals surface area (Å²) >= 11 is 6.29. The molecule has 5 heteroatoms. The number of hydrogen-bond acceptors (Lipinski definition) is 4. The molecule has 0 unspecified atom stereocenters. The second-order valence-corrected chi connectivity index (χ2v) is 7.89. The van der Waals surface area contributed by atoms with E-state index >= 15 is 0 Å². The summed E-state index contributed by atoms with van der Waals surface area (Å²) in [6.45, 7) is 3.12. The lowest BCUT2D eigenvalue weighted by atomic mass is 9.76. The van der Waals surface area contributed by atoms with Crippen LogP contribution in [0.15, 0.2) is 42.5 Å². The van der Waals surface area contributed by atoms with E-state index in [0.717, 1.165) is 28.6 Å². The molecule has 0 amide bonds. The minimum Gasteiger partial charge on any atom is -0.497 e. The quantitative estimate of drug-likeness (QED) is 0.803. The van der Waals surface area contributed by atoms with Crippen LogP contribution in [0.25, 0.3) is 0 Å². The predicted octanol–water partition coefficient (Wildman–Crippen LogP) is 4.28. The lowest BCUT2D eigenvalue weighted by Crippen LogP contribution is -2.57. The Hall–Kier alpha value is -1.75.